The van der Waals surface area contributed by atoms with E-state index in [9.17, 15) is 14.7 Å². The molecule has 4 heterocycles. The first kappa shape index (κ1) is 70.8. The van der Waals surface area contributed by atoms with Gasteiger partial charge in [0.2, 0.25) is 0 Å². The van der Waals surface area contributed by atoms with Crippen LogP contribution < -0.4 is 48.9 Å². The SMILES string of the molecule is COC(=O)c1ccnc(N(Cc2ccc(OC)cc2)Cc2ccc(OC)cc2)c1.COC(=O)c1ccnc(N)c1.COc1ccc(CN(Cc2ccc(OC)cc2)c2cc(CBr)ccn2)cc1.COc1ccc(CN(Cc2ccc(OC)cc2)c2cc(CO)ccn2)cc1. The van der Waals surface area contributed by atoms with E-state index in [0.29, 0.717) is 48.9 Å². The molecule has 0 fully saturated rings. The van der Waals surface area contributed by atoms with E-state index >= 15 is 0 Å². The smallest absolute Gasteiger partial charge is 0.338 e. The minimum absolute atomic E-state index is 0.00552. The van der Waals surface area contributed by atoms with Crippen molar-refractivity contribution in [2.24, 2.45) is 0 Å². The fourth-order valence-electron chi connectivity index (χ4n) is 9.34. The summed E-state index contributed by atoms with van der Waals surface area (Å²) in [7, 11) is 12.7. The van der Waals surface area contributed by atoms with Crippen LogP contribution in [0.1, 0.15) is 65.2 Å². The van der Waals surface area contributed by atoms with E-state index in [1.807, 2.05) is 121 Å². The molecule has 0 atom stereocenters. The summed E-state index contributed by atoms with van der Waals surface area (Å²) in [6.45, 7) is 4.13. The second-order valence-electron chi connectivity index (χ2n) is 20.8. The number of aliphatic hydroxyl groups excluding tert-OH is 1. The van der Waals surface area contributed by atoms with Gasteiger partial charge < -0.3 is 63.4 Å². The van der Waals surface area contributed by atoms with E-state index in [2.05, 4.69) is 110 Å². The first-order valence-electron chi connectivity index (χ1n) is 29.7. The van der Waals surface area contributed by atoms with Gasteiger partial charge in [-0.3, -0.25) is 0 Å². The number of nitrogen functional groups attached to an aromatic ring is 1. The molecule has 0 spiro atoms. The van der Waals surface area contributed by atoms with E-state index < -0.39 is 5.97 Å². The van der Waals surface area contributed by atoms with Gasteiger partial charge in [-0.1, -0.05) is 88.7 Å². The van der Waals surface area contributed by atoms with Crippen molar-refractivity contribution in [3.63, 3.8) is 0 Å². The molecule has 0 unspecified atom stereocenters. The minimum atomic E-state index is -0.404. The van der Waals surface area contributed by atoms with Crippen molar-refractivity contribution >= 4 is 51.1 Å². The molecular formula is C74H79BrN8O11. The molecule has 94 heavy (non-hydrogen) atoms. The van der Waals surface area contributed by atoms with Crippen LogP contribution >= 0.6 is 15.9 Å². The van der Waals surface area contributed by atoms with Gasteiger partial charge in [0.15, 0.2) is 0 Å². The van der Waals surface area contributed by atoms with Gasteiger partial charge in [0.05, 0.1) is 74.6 Å². The number of carbonyl (C=O) groups excluding carboxylic acids is 2. The number of methoxy groups -OCH3 is 8. The largest absolute Gasteiger partial charge is 0.497 e. The summed E-state index contributed by atoms with van der Waals surface area (Å²) in [5, 5.41) is 10.3. The lowest BCUT2D eigenvalue weighted by molar-refractivity contribution is 0.0592. The molecule has 0 aliphatic carbocycles. The highest BCUT2D eigenvalue weighted by Crippen LogP contribution is 2.27. The number of aliphatic hydroxyl groups is 1. The normalized spacial score (nSPS) is 10.3. The zero-order valence-electron chi connectivity index (χ0n) is 54.1. The Balaban J connectivity index is 0.000000184. The molecule has 20 heteroatoms. The molecule has 10 rings (SSSR count). The lowest BCUT2D eigenvalue weighted by atomic mass is 10.1. The first-order chi connectivity index (χ1) is 45.8. The highest BCUT2D eigenvalue weighted by atomic mass is 79.9. The van der Waals surface area contributed by atoms with Crippen molar-refractivity contribution in [3.05, 3.63) is 275 Å². The molecule has 0 bridgehead atoms. The zero-order chi connectivity index (χ0) is 67.0. The fourth-order valence-corrected chi connectivity index (χ4v) is 9.69. The van der Waals surface area contributed by atoms with Gasteiger partial charge in [-0.15, -0.1) is 0 Å². The van der Waals surface area contributed by atoms with E-state index in [1.54, 1.807) is 73.3 Å². The average molecular weight is 1340 g/mol. The number of nitrogens with zero attached hydrogens (tertiary/aromatic N) is 7. The number of esters is 2. The van der Waals surface area contributed by atoms with E-state index in [4.69, 9.17) is 38.9 Å². The Labute approximate surface area is 558 Å². The third-order valence-corrected chi connectivity index (χ3v) is 15.1. The molecule has 0 radical (unpaired) electrons. The fraction of sp³-hybridized carbons (Fsp3) is 0.216. The molecule has 488 valence electrons. The Morgan fingerprint density at radius 1 is 0.351 bits per heavy atom. The maximum absolute atomic E-state index is 11.9. The summed E-state index contributed by atoms with van der Waals surface area (Å²) in [4.78, 5) is 46.7. The van der Waals surface area contributed by atoms with Gasteiger partial charge in [-0.25, -0.2) is 29.5 Å². The number of halogens is 1. The van der Waals surface area contributed by atoms with Crippen LogP contribution in [-0.4, -0.2) is 93.9 Å². The molecule has 0 saturated carbocycles. The summed E-state index contributed by atoms with van der Waals surface area (Å²) in [6.07, 6.45) is 6.68. The van der Waals surface area contributed by atoms with Gasteiger partial charge in [0.25, 0.3) is 0 Å². The molecule has 10 aromatic rings. The summed E-state index contributed by atoms with van der Waals surface area (Å²) < 4.78 is 40.8. The number of nitrogens with two attached hydrogens (primary N) is 1. The molecule has 3 N–H and O–H groups in total. The van der Waals surface area contributed by atoms with Gasteiger partial charge in [-0.2, -0.15) is 0 Å². The van der Waals surface area contributed by atoms with Crippen molar-refractivity contribution < 1.29 is 52.6 Å². The van der Waals surface area contributed by atoms with Crippen LogP contribution in [0.2, 0.25) is 0 Å². The minimum Gasteiger partial charge on any atom is -0.497 e. The van der Waals surface area contributed by atoms with Crippen LogP contribution in [0.3, 0.4) is 0 Å². The number of aromatic nitrogens is 4. The van der Waals surface area contributed by atoms with E-state index in [-0.39, 0.29) is 12.6 Å². The molecular weight excluding hydrogens is 1260 g/mol. The number of pyridine rings is 4. The van der Waals surface area contributed by atoms with Crippen molar-refractivity contribution in [3.8, 4) is 34.5 Å². The highest BCUT2D eigenvalue weighted by Gasteiger charge is 2.17. The monoisotopic (exact) mass is 1330 g/mol. The van der Waals surface area contributed by atoms with Crippen LogP contribution in [0.5, 0.6) is 34.5 Å². The summed E-state index contributed by atoms with van der Waals surface area (Å²) in [6, 6.07) is 62.4. The summed E-state index contributed by atoms with van der Waals surface area (Å²) >= 11 is 3.53. The second-order valence-corrected chi connectivity index (χ2v) is 21.4. The van der Waals surface area contributed by atoms with E-state index in [0.717, 1.165) is 92.4 Å². The quantitative estimate of drug-likeness (QED) is 0.0402. The maximum Gasteiger partial charge on any atom is 0.338 e. The third kappa shape index (κ3) is 22.3. The summed E-state index contributed by atoms with van der Waals surface area (Å²) in [5.41, 5.74) is 15.2. The topological polar surface area (TPSA) is 216 Å². The Hall–Kier alpha value is -10.7. The first-order valence-corrected chi connectivity index (χ1v) is 30.9. The van der Waals surface area contributed by atoms with Gasteiger partial charge >= 0.3 is 11.9 Å². The second kappa shape index (κ2) is 37.6. The van der Waals surface area contributed by atoms with Crippen LogP contribution in [0.4, 0.5) is 23.3 Å². The third-order valence-electron chi connectivity index (χ3n) is 14.5. The Bertz CT molecular complexity index is 3590. The Kier molecular flexibility index (Phi) is 28.3. The standard InChI is InChI=1S/C23H24N2O4.C22H23BrN2O2.C22H24N2O3.C7H8N2O2/c1-27-20-8-4-17(5-9-20)15-25(16-18-6-10-21(28-2)11-7-18)22-14-19(12-13-24-22)23(26)29-3;1-26-20-7-3-17(4-8-20)15-25(22-13-19(14-23)11-12-24-22)16-18-5-9-21(27-2)10-6-18;1-26-20-7-3-17(4-8-20)14-24(22-13-19(16-25)11-12-23-22)15-18-5-9-21(27-2)10-6-18;1-11-7(10)5-2-3-9-6(8)4-5/h4-14H,15-16H2,1-3H3;3-13H,14-16H2,1-2H3;3-13,25H,14-16H2,1-2H3;2-4H,1H3,(H2,8,9). The van der Waals surface area contributed by atoms with Crippen molar-refractivity contribution in [1.29, 1.82) is 0 Å². The zero-order valence-corrected chi connectivity index (χ0v) is 55.6. The predicted octanol–water partition coefficient (Wildman–Crippen LogP) is 13.5. The molecule has 0 aliphatic heterocycles. The van der Waals surface area contributed by atoms with Gasteiger partial charge in [0.1, 0.15) is 57.8 Å². The Morgan fingerprint density at radius 2 is 0.606 bits per heavy atom. The van der Waals surface area contributed by atoms with Crippen LogP contribution in [0.25, 0.3) is 0 Å². The number of carbonyl (C=O) groups is 2. The number of hydrogen-bond acceptors (Lipinski definition) is 19. The molecule has 0 amide bonds. The molecule has 0 aliphatic rings. The van der Waals surface area contributed by atoms with Crippen molar-refractivity contribution in [2.75, 3.05) is 77.3 Å². The van der Waals surface area contributed by atoms with Gasteiger partial charge in [-0.05, 0) is 166 Å². The number of hydrogen-bond donors (Lipinski definition) is 2. The lowest BCUT2D eigenvalue weighted by Gasteiger charge is -2.25. The molecule has 0 saturated heterocycles. The van der Waals surface area contributed by atoms with Crippen molar-refractivity contribution in [1.82, 2.24) is 19.9 Å². The number of anilines is 4. The highest BCUT2D eigenvalue weighted by molar-refractivity contribution is 9.08. The average Bonchev–Trinajstić information content (AvgIpc) is 1.04. The van der Waals surface area contributed by atoms with Gasteiger partial charge in [0, 0.05) is 69.4 Å². The number of ether oxygens (including phenoxy) is 8. The van der Waals surface area contributed by atoms with Crippen LogP contribution in [-0.2, 0) is 60.7 Å². The number of benzene rings is 6. The number of alkyl halides is 1. The Morgan fingerprint density at radius 3 is 0.872 bits per heavy atom. The molecule has 4 aromatic heterocycles. The summed E-state index contributed by atoms with van der Waals surface area (Å²) in [5.74, 6) is 7.00. The lowest BCUT2D eigenvalue weighted by Crippen LogP contribution is -2.23. The molecule has 19 nitrogen and oxygen atoms in total. The molecule has 6 aromatic carbocycles. The van der Waals surface area contributed by atoms with Crippen molar-refractivity contribution in [2.45, 2.75) is 51.2 Å². The maximum atomic E-state index is 11.9. The van der Waals surface area contributed by atoms with Crippen LogP contribution in [0.15, 0.2) is 219 Å². The number of rotatable bonds is 25. The predicted molar refractivity (Wildman–Crippen MR) is 370 cm³/mol. The van der Waals surface area contributed by atoms with E-state index in [1.165, 1.54) is 43.2 Å². The van der Waals surface area contributed by atoms with Crippen LogP contribution in [0, 0.1) is 0 Å².